The summed E-state index contributed by atoms with van der Waals surface area (Å²) in [5, 5.41) is 2.56. The third-order valence-electron chi connectivity index (χ3n) is 5.05. The molecule has 134 valence electrons. The normalized spacial score (nSPS) is 14.6. The van der Waals surface area contributed by atoms with Gasteiger partial charge in [0.1, 0.15) is 0 Å². The second-order valence-corrected chi connectivity index (χ2v) is 6.85. The summed E-state index contributed by atoms with van der Waals surface area (Å²) in [4.78, 5) is 7.13. The maximum absolute atomic E-state index is 4.62. The first-order chi connectivity index (χ1) is 12.3. The summed E-state index contributed by atoms with van der Waals surface area (Å²) in [6.07, 6.45) is 10.3. The molecule has 1 aliphatic heterocycles. The molecule has 2 nitrogen and oxygen atoms in total. The zero-order valence-corrected chi connectivity index (χ0v) is 16.0. The summed E-state index contributed by atoms with van der Waals surface area (Å²) in [6.45, 7) is 4.49. The lowest BCUT2D eigenvalue weighted by atomic mass is 10.0. The maximum Gasteiger partial charge on any atom is 0.0650 e. The third-order valence-corrected chi connectivity index (χ3v) is 5.05. The van der Waals surface area contributed by atoms with E-state index in [0.29, 0.717) is 0 Å². The number of nitrogens with zero attached hydrogens (tertiary/aromatic N) is 2. The lowest BCUT2D eigenvalue weighted by Crippen LogP contribution is -2.30. The number of pyridine rings is 1. The van der Waals surface area contributed by atoms with Crippen molar-refractivity contribution in [1.82, 2.24) is 4.98 Å². The van der Waals surface area contributed by atoms with Gasteiger partial charge in [0.15, 0.2) is 0 Å². The molecule has 0 unspecified atom stereocenters. The van der Waals surface area contributed by atoms with Crippen LogP contribution in [0.1, 0.15) is 36.1 Å². The zero-order chi connectivity index (χ0) is 17.1. The van der Waals surface area contributed by atoms with Crippen molar-refractivity contribution in [1.29, 1.82) is 0 Å². The van der Waals surface area contributed by atoms with Crippen LogP contribution in [0.15, 0.2) is 54.7 Å². The van der Waals surface area contributed by atoms with Gasteiger partial charge in [-0.25, -0.2) is 0 Å². The van der Waals surface area contributed by atoms with Crippen LogP contribution in [0.2, 0.25) is 0 Å². The Morgan fingerprint density at radius 3 is 2.54 bits per heavy atom. The van der Waals surface area contributed by atoms with Crippen LogP contribution in [-0.2, 0) is 0 Å². The number of halogens is 1. The van der Waals surface area contributed by atoms with E-state index < -0.39 is 0 Å². The highest BCUT2D eigenvalue weighted by Crippen LogP contribution is 2.25. The Bertz CT molecular complexity index is 906. The summed E-state index contributed by atoms with van der Waals surface area (Å²) in [5.74, 6) is 0. The van der Waals surface area contributed by atoms with Crippen LogP contribution in [0.5, 0.6) is 0 Å². The number of aryl methyl sites for hydroxylation is 1. The van der Waals surface area contributed by atoms with Crippen molar-refractivity contribution in [3.8, 4) is 0 Å². The predicted octanol–water partition coefficient (Wildman–Crippen LogP) is 6.13. The van der Waals surface area contributed by atoms with E-state index in [2.05, 4.69) is 77.5 Å². The molecule has 0 spiro atoms. The van der Waals surface area contributed by atoms with Crippen molar-refractivity contribution in [3.63, 3.8) is 0 Å². The van der Waals surface area contributed by atoms with Crippen LogP contribution < -0.4 is 4.90 Å². The number of benzene rings is 2. The number of fused-ring (bicyclic) bond motifs is 1. The Morgan fingerprint density at radius 1 is 0.923 bits per heavy atom. The molecule has 0 amide bonds. The minimum Gasteiger partial charge on any atom is -0.371 e. The van der Waals surface area contributed by atoms with E-state index in [0.717, 1.165) is 18.8 Å². The molecule has 26 heavy (non-hydrogen) atoms. The highest BCUT2D eigenvalue weighted by molar-refractivity contribution is 5.92. The quantitative estimate of drug-likeness (QED) is 0.556. The van der Waals surface area contributed by atoms with Gasteiger partial charge >= 0.3 is 0 Å². The van der Waals surface area contributed by atoms with Crippen molar-refractivity contribution in [2.45, 2.75) is 26.2 Å². The average Bonchev–Trinajstić information content (AvgIpc) is 2.68. The van der Waals surface area contributed by atoms with Crippen LogP contribution in [0.3, 0.4) is 0 Å². The number of aromatic nitrogens is 1. The molecule has 4 rings (SSSR count). The molecule has 0 atom stereocenters. The first kappa shape index (κ1) is 18.5. The van der Waals surface area contributed by atoms with Gasteiger partial charge < -0.3 is 4.90 Å². The SMILES string of the molecule is Cc1cnc(/C=C/c2cccc3ccccc23)cc1N1CCCCC1.Cl. The van der Waals surface area contributed by atoms with Crippen LogP contribution in [-0.4, -0.2) is 18.1 Å². The predicted molar refractivity (Wildman–Crippen MR) is 115 cm³/mol. The van der Waals surface area contributed by atoms with Gasteiger partial charge in [-0.05, 0) is 60.2 Å². The average molecular weight is 365 g/mol. The molecule has 0 bridgehead atoms. The van der Waals surface area contributed by atoms with Gasteiger partial charge in [0, 0.05) is 25.0 Å². The number of rotatable bonds is 3. The zero-order valence-electron chi connectivity index (χ0n) is 15.2. The largest absolute Gasteiger partial charge is 0.371 e. The summed E-state index contributed by atoms with van der Waals surface area (Å²) in [7, 11) is 0. The summed E-state index contributed by atoms with van der Waals surface area (Å²) < 4.78 is 0. The molecule has 3 heteroatoms. The van der Waals surface area contributed by atoms with Gasteiger partial charge in [0.2, 0.25) is 0 Å². The van der Waals surface area contributed by atoms with Crippen LogP contribution in [0.4, 0.5) is 5.69 Å². The standard InChI is InChI=1S/C23H24N2.ClH/c1-18-17-24-21(16-23(18)25-14-5-2-6-15-25)13-12-20-10-7-9-19-8-3-4-11-22(19)20;/h3-4,7-13,16-17H,2,5-6,14-15H2,1H3;1H/b13-12+;. The van der Waals surface area contributed by atoms with Gasteiger partial charge in [-0.3, -0.25) is 4.98 Å². The van der Waals surface area contributed by atoms with E-state index in [9.17, 15) is 0 Å². The second-order valence-electron chi connectivity index (χ2n) is 6.85. The Morgan fingerprint density at radius 2 is 1.69 bits per heavy atom. The highest BCUT2D eigenvalue weighted by Gasteiger charge is 2.13. The number of hydrogen-bond donors (Lipinski definition) is 0. The van der Waals surface area contributed by atoms with Crippen molar-refractivity contribution < 1.29 is 0 Å². The second kappa shape index (κ2) is 8.37. The van der Waals surface area contributed by atoms with Crippen molar-refractivity contribution in [3.05, 3.63) is 71.5 Å². The van der Waals surface area contributed by atoms with Crippen molar-refractivity contribution in [2.75, 3.05) is 18.0 Å². The molecule has 0 N–H and O–H groups in total. The van der Waals surface area contributed by atoms with Crippen LogP contribution in [0.25, 0.3) is 22.9 Å². The van der Waals surface area contributed by atoms with Gasteiger partial charge in [-0.1, -0.05) is 48.5 Å². The van der Waals surface area contributed by atoms with Crippen molar-refractivity contribution >= 4 is 41.0 Å². The molecule has 0 aliphatic carbocycles. The van der Waals surface area contributed by atoms with Gasteiger partial charge in [0.25, 0.3) is 0 Å². The third kappa shape index (κ3) is 3.91. The van der Waals surface area contributed by atoms with Crippen LogP contribution >= 0.6 is 12.4 Å². The lowest BCUT2D eigenvalue weighted by molar-refractivity contribution is 0.577. The molecule has 0 saturated carbocycles. The van der Waals surface area contributed by atoms with E-state index in [1.54, 1.807) is 0 Å². The fraction of sp³-hybridized carbons (Fsp3) is 0.261. The summed E-state index contributed by atoms with van der Waals surface area (Å²) >= 11 is 0. The molecule has 2 aromatic carbocycles. The molecule has 3 aromatic rings. The fourth-order valence-electron chi connectivity index (χ4n) is 3.67. The fourth-order valence-corrected chi connectivity index (χ4v) is 3.67. The van der Waals surface area contributed by atoms with Crippen molar-refractivity contribution in [2.24, 2.45) is 0 Å². The first-order valence-corrected chi connectivity index (χ1v) is 9.19. The van der Waals surface area contributed by atoms with E-state index in [-0.39, 0.29) is 12.4 Å². The number of piperidine rings is 1. The van der Waals surface area contributed by atoms with E-state index >= 15 is 0 Å². The van der Waals surface area contributed by atoms with Gasteiger partial charge in [-0.15, -0.1) is 12.4 Å². The lowest BCUT2D eigenvalue weighted by Gasteiger charge is -2.30. The molecule has 1 aliphatic rings. The van der Waals surface area contributed by atoms with E-state index in [4.69, 9.17) is 0 Å². The molecular weight excluding hydrogens is 340 g/mol. The first-order valence-electron chi connectivity index (χ1n) is 9.19. The van der Waals surface area contributed by atoms with E-state index in [1.165, 1.54) is 46.8 Å². The molecule has 1 aromatic heterocycles. The topological polar surface area (TPSA) is 16.1 Å². The molecule has 0 radical (unpaired) electrons. The van der Waals surface area contributed by atoms with Gasteiger partial charge in [0.05, 0.1) is 5.69 Å². The Labute approximate surface area is 162 Å². The maximum atomic E-state index is 4.62. The molecule has 1 saturated heterocycles. The summed E-state index contributed by atoms with van der Waals surface area (Å²) in [5.41, 5.74) is 4.87. The minimum absolute atomic E-state index is 0. The molecule has 1 fully saturated rings. The Balaban J connectivity index is 0.00000196. The Hall–Kier alpha value is -2.32. The monoisotopic (exact) mass is 364 g/mol. The smallest absolute Gasteiger partial charge is 0.0650 e. The minimum atomic E-state index is 0. The number of anilines is 1. The molecule has 2 heterocycles. The van der Waals surface area contributed by atoms with E-state index in [1.807, 2.05) is 6.20 Å². The Kier molecular flexibility index (Phi) is 5.95. The highest BCUT2D eigenvalue weighted by atomic mass is 35.5. The van der Waals surface area contributed by atoms with Gasteiger partial charge in [-0.2, -0.15) is 0 Å². The molecular formula is C23H25ClN2. The van der Waals surface area contributed by atoms with Crippen LogP contribution in [0, 0.1) is 6.92 Å². The summed E-state index contributed by atoms with van der Waals surface area (Å²) in [6, 6.07) is 17.2. The number of hydrogen-bond acceptors (Lipinski definition) is 2.